The molecule has 0 unspecified atom stereocenters. The third-order valence-electron chi connectivity index (χ3n) is 3.33. The third kappa shape index (κ3) is 2.94. The first-order valence-electron chi connectivity index (χ1n) is 6.26. The summed E-state index contributed by atoms with van der Waals surface area (Å²) in [5, 5.41) is 26.4. The van der Waals surface area contributed by atoms with Gasteiger partial charge in [0.2, 0.25) is 11.8 Å². The molecule has 0 amide bonds. The maximum atomic E-state index is 11.0. The minimum atomic E-state index is -0.650. The van der Waals surface area contributed by atoms with E-state index in [1.165, 1.54) is 0 Å². The number of nitrogens with zero attached hydrogens (tertiary/aromatic N) is 3. The Morgan fingerprint density at radius 3 is 2.80 bits per heavy atom. The largest absolute Gasteiger partial charge is 0.394 e. The Bertz CT molecular complexity index is 490. The smallest absolute Gasteiger partial charge is 0.329 e. The first-order valence-corrected chi connectivity index (χ1v) is 6.26. The van der Waals surface area contributed by atoms with Gasteiger partial charge in [0.05, 0.1) is 17.1 Å². The minimum absolute atomic E-state index is 0.102. The fraction of sp³-hybridized carbons (Fsp3) is 0.636. The van der Waals surface area contributed by atoms with Crippen LogP contribution in [0.3, 0.4) is 0 Å². The number of ether oxygens (including phenoxy) is 1. The van der Waals surface area contributed by atoms with Crippen LogP contribution < -0.4 is 10.6 Å². The van der Waals surface area contributed by atoms with Crippen LogP contribution >= 0.6 is 0 Å². The van der Waals surface area contributed by atoms with Crippen molar-refractivity contribution in [2.24, 2.45) is 0 Å². The molecule has 0 atom stereocenters. The molecular weight excluding hydrogens is 266 g/mol. The molecular formula is C11H17N5O4. The highest BCUT2D eigenvalue weighted by Crippen LogP contribution is 2.30. The zero-order valence-corrected chi connectivity index (χ0v) is 11.1. The highest BCUT2D eigenvalue weighted by molar-refractivity contribution is 5.58. The molecule has 9 heteroatoms. The van der Waals surface area contributed by atoms with Gasteiger partial charge in [0, 0.05) is 20.3 Å². The van der Waals surface area contributed by atoms with Crippen molar-refractivity contribution in [1.29, 1.82) is 0 Å². The number of anilines is 2. The summed E-state index contributed by atoms with van der Waals surface area (Å²) in [5.74, 6) is 0.378. The predicted molar refractivity (Wildman–Crippen MR) is 71.7 cm³/mol. The van der Waals surface area contributed by atoms with E-state index in [0.717, 1.165) is 6.20 Å². The molecule has 0 aromatic carbocycles. The molecule has 0 bridgehead atoms. The van der Waals surface area contributed by atoms with E-state index in [4.69, 9.17) is 4.74 Å². The fourth-order valence-corrected chi connectivity index (χ4v) is 2.06. The van der Waals surface area contributed by atoms with Crippen LogP contribution in [0.5, 0.6) is 0 Å². The molecule has 1 aliphatic heterocycles. The van der Waals surface area contributed by atoms with Crippen LogP contribution in [0.4, 0.5) is 17.5 Å². The minimum Gasteiger partial charge on any atom is -0.394 e. The zero-order valence-electron chi connectivity index (χ0n) is 11.1. The van der Waals surface area contributed by atoms with E-state index in [1.54, 1.807) is 7.05 Å². The molecule has 0 spiro atoms. The van der Waals surface area contributed by atoms with E-state index in [9.17, 15) is 15.2 Å². The summed E-state index contributed by atoms with van der Waals surface area (Å²) in [7, 11) is 1.63. The molecule has 2 heterocycles. The molecule has 1 aliphatic rings. The average Bonchev–Trinajstić information content (AvgIpc) is 2.47. The van der Waals surface area contributed by atoms with Gasteiger partial charge in [0.25, 0.3) is 0 Å². The fourth-order valence-electron chi connectivity index (χ4n) is 2.06. The lowest BCUT2D eigenvalue weighted by Crippen LogP contribution is -2.47. The second-order valence-electron chi connectivity index (χ2n) is 4.61. The van der Waals surface area contributed by atoms with Gasteiger partial charge in [-0.25, -0.2) is 4.98 Å². The maximum absolute atomic E-state index is 11.0. The standard InChI is InChI=1S/C11H17N5O4/c1-12-10-13-6-8(16(18)19)9(14-10)15-11(7-17)2-4-20-5-3-11/h6,17H,2-5,7H2,1H3,(H2,12,13,14,15). The summed E-state index contributed by atoms with van der Waals surface area (Å²) in [6.45, 7) is 0.836. The summed E-state index contributed by atoms with van der Waals surface area (Å²) >= 11 is 0. The molecule has 1 aromatic rings. The van der Waals surface area contributed by atoms with E-state index >= 15 is 0 Å². The topological polar surface area (TPSA) is 122 Å². The normalized spacial score (nSPS) is 17.5. The first-order chi connectivity index (χ1) is 9.60. The lowest BCUT2D eigenvalue weighted by Gasteiger charge is -2.36. The molecule has 110 valence electrons. The molecule has 2 rings (SSSR count). The van der Waals surface area contributed by atoms with Gasteiger partial charge in [-0.1, -0.05) is 0 Å². The van der Waals surface area contributed by atoms with E-state index in [2.05, 4.69) is 20.6 Å². The zero-order chi connectivity index (χ0) is 14.6. The van der Waals surface area contributed by atoms with Crippen LogP contribution in [0.2, 0.25) is 0 Å². The number of rotatable bonds is 5. The van der Waals surface area contributed by atoms with Crippen molar-refractivity contribution >= 4 is 17.5 Å². The Kier molecular flexibility index (Phi) is 4.30. The van der Waals surface area contributed by atoms with E-state index in [-0.39, 0.29) is 24.1 Å². The van der Waals surface area contributed by atoms with Crippen molar-refractivity contribution in [3.63, 3.8) is 0 Å². The van der Waals surface area contributed by atoms with Crippen molar-refractivity contribution in [2.75, 3.05) is 37.5 Å². The number of aromatic nitrogens is 2. The van der Waals surface area contributed by atoms with Crippen molar-refractivity contribution in [1.82, 2.24) is 9.97 Å². The number of nitro groups is 1. The SMILES string of the molecule is CNc1ncc([N+](=O)[O-])c(NC2(CO)CCOCC2)n1. The molecule has 1 saturated heterocycles. The van der Waals surface area contributed by atoms with E-state index in [0.29, 0.717) is 26.1 Å². The van der Waals surface area contributed by atoms with Crippen LogP contribution in [0, 0.1) is 10.1 Å². The van der Waals surface area contributed by atoms with Crippen LogP contribution in [0.1, 0.15) is 12.8 Å². The number of aliphatic hydroxyl groups is 1. The molecule has 0 saturated carbocycles. The van der Waals surface area contributed by atoms with Gasteiger partial charge in [-0.3, -0.25) is 10.1 Å². The highest BCUT2D eigenvalue weighted by Gasteiger charge is 2.34. The second-order valence-corrected chi connectivity index (χ2v) is 4.61. The Morgan fingerprint density at radius 2 is 2.25 bits per heavy atom. The quantitative estimate of drug-likeness (QED) is 0.523. The van der Waals surface area contributed by atoms with Crippen LogP contribution in [-0.2, 0) is 4.74 Å². The van der Waals surface area contributed by atoms with E-state index < -0.39 is 10.5 Å². The van der Waals surface area contributed by atoms with Gasteiger partial charge >= 0.3 is 5.69 Å². The lowest BCUT2D eigenvalue weighted by molar-refractivity contribution is -0.384. The van der Waals surface area contributed by atoms with Gasteiger partial charge in [-0.05, 0) is 12.8 Å². The van der Waals surface area contributed by atoms with Gasteiger partial charge in [-0.2, -0.15) is 4.98 Å². The van der Waals surface area contributed by atoms with Crippen LogP contribution in [0.25, 0.3) is 0 Å². The van der Waals surface area contributed by atoms with Crippen LogP contribution in [-0.4, -0.2) is 52.4 Å². The Hall–Kier alpha value is -2.00. The van der Waals surface area contributed by atoms with Gasteiger partial charge in [0.15, 0.2) is 0 Å². The molecule has 1 fully saturated rings. The third-order valence-corrected chi connectivity index (χ3v) is 3.33. The Balaban J connectivity index is 2.32. The summed E-state index contributed by atoms with van der Waals surface area (Å²) in [4.78, 5) is 18.4. The summed E-state index contributed by atoms with van der Waals surface area (Å²) in [6, 6.07) is 0. The predicted octanol–water partition coefficient (Wildman–Crippen LogP) is 0.380. The molecule has 1 aromatic heterocycles. The Labute approximate surface area is 115 Å². The number of nitrogens with one attached hydrogen (secondary N) is 2. The van der Waals surface area contributed by atoms with Crippen molar-refractivity contribution < 1.29 is 14.8 Å². The second kappa shape index (κ2) is 5.97. The summed E-state index contributed by atoms with van der Waals surface area (Å²) < 4.78 is 5.26. The van der Waals surface area contributed by atoms with E-state index in [1.807, 2.05) is 0 Å². The molecule has 0 aliphatic carbocycles. The number of hydrogen-bond acceptors (Lipinski definition) is 8. The number of hydrogen-bond donors (Lipinski definition) is 3. The molecule has 0 radical (unpaired) electrons. The molecule has 20 heavy (non-hydrogen) atoms. The van der Waals surface area contributed by atoms with Crippen molar-refractivity contribution in [2.45, 2.75) is 18.4 Å². The summed E-state index contributed by atoms with van der Waals surface area (Å²) in [5.41, 5.74) is -0.870. The van der Waals surface area contributed by atoms with Crippen LogP contribution in [0.15, 0.2) is 6.20 Å². The monoisotopic (exact) mass is 283 g/mol. The van der Waals surface area contributed by atoms with Gasteiger partial charge in [-0.15, -0.1) is 0 Å². The maximum Gasteiger partial charge on any atom is 0.329 e. The average molecular weight is 283 g/mol. The first kappa shape index (κ1) is 14.4. The van der Waals surface area contributed by atoms with Crippen molar-refractivity contribution in [3.8, 4) is 0 Å². The summed E-state index contributed by atoms with van der Waals surface area (Å²) in [6.07, 6.45) is 2.25. The highest BCUT2D eigenvalue weighted by atomic mass is 16.6. The van der Waals surface area contributed by atoms with Gasteiger partial charge < -0.3 is 20.5 Å². The number of aliphatic hydroxyl groups excluding tert-OH is 1. The molecule has 9 nitrogen and oxygen atoms in total. The van der Waals surface area contributed by atoms with Crippen molar-refractivity contribution in [3.05, 3.63) is 16.3 Å². The lowest BCUT2D eigenvalue weighted by atomic mass is 9.91. The van der Waals surface area contributed by atoms with Gasteiger partial charge in [0.1, 0.15) is 6.20 Å². The Morgan fingerprint density at radius 1 is 1.55 bits per heavy atom. The molecule has 3 N–H and O–H groups in total.